The van der Waals surface area contributed by atoms with Gasteiger partial charge in [-0.05, 0) is 63.3 Å². The number of aromatic nitrogens is 5. The van der Waals surface area contributed by atoms with Gasteiger partial charge in [0.1, 0.15) is 11.9 Å². The SMILES string of the molecule is Cc1cn([C@H]2CCCCN(c3nnn(-c4ccc(Cl)cc4)c3C(C)C)C2=O)c(C)n1. The summed E-state index contributed by atoms with van der Waals surface area (Å²) >= 11 is 6.05. The third kappa shape index (κ3) is 3.74. The molecule has 0 saturated carbocycles. The highest BCUT2D eigenvalue weighted by Gasteiger charge is 2.34. The molecule has 1 fully saturated rings. The molecule has 158 valence electrons. The fourth-order valence-corrected chi connectivity index (χ4v) is 4.32. The van der Waals surface area contributed by atoms with Gasteiger partial charge in [0, 0.05) is 17.8 Å². The minimum atomic E-state index is -0.269. The molecule has 0 aliphatic carbocycles. The number of carbonyl (C=O) groups excluding carboxylic acids is 1. The molecule has 1 aliphatic rings. The Balaban J connectivity index is 1.76. The molecule has 1 saturated heterocycles. The number of rotatable bonds is 4. The highest BCUT2D eigenvalue weighted by molar-refractivity contribution is 6.30. The van der Waals surface area contributed by atoms with Crippen molar-refractivity contribution in [1.82, 2.24) is 24.5 Å². The molecule has 0 bridgehead atoms. The zero-order valence-corrected chi connectivity index (χ0v) is 18.6. The van der Waals surface area contributed by atoms with Gasteiger partial charge in [-0.15, -0.1) is 5.10 Å². The normalized spacial score (nSPS) is 17.6. The van der Waals surface area contributed by atoms with Crippen molar-refractivity contribution in [1.29, 1.82) is 0 Å². The molecule has 0 radical (unpaired) electrons. The Hall–Kier alpha value is -2.67. The lowest BCUT2D eigenvalue weighted by Gasteiger charge is -2.25. The van der Waals surface area contributed by atoms with E-state index in [0.717, 1.165) is 42.2 Å². The molecule has 2 aromatic heterocycles. The standard InChI is InChI=1S/C22H27ClN6O/c1-14(2)20-21(25-26-29(20)18-10-8-17(23)9-11-18)27-12-6-5-7-19(22(27)30)28-13-15(3)24-16(28)4/h8-11,13-14,19H,5-7,12H2,1-4H3/t19-/m0/s1. The van der Waals surface area contributed by atoms with Crippen molar-refractivity contribution in [2.24, 2.45) is 0 Å². The smallest absolute Gasteiger partial charge is 0.251 e. The molecule has 1 atom stereocenters. The first-order valence-electron chi connectivity index (χ1n) is 10.4. The number of hydrogen-bond donors (Lipinski definition) is 0. The molecule has 0 N–H and O–H groups in total. The quantitative estimate of drug-likeness (QED) is 0.610. The summed E-state index contributed by atoms with van der Waals surface area (Å²) < 4.78 is 3.82. The van der Waals surface area contributed by atoms with Crippen LogP contribution in [-0.2, 0) is 4.79 Å². The van der Waals surface area contributed by atoms with E-state index in [1.165, 1.54) is 0 Å². The van der Waals surface area contributed by atoms with Crippen molar-refractivity contribution < 1.29 is 4.79 Å². The van der Waals surface area contributed by atoms with E-state index in [-0.39, 0.29) is 17.9 Å². The van der Waals surface area contributed by atoms with E-state index in [1.54, 1.807) is 0 Å². The number of aryl methyl sites for hydroxylation is 2. The molecule has 1 amide bonds. The van der Waals surface area contributed by atoms with Crippen LogP contribution in [0.25, 0.3) is 5.69 Å². The Morgan fingerprint density at radius 3 is 2.50 bits per heavy atom. The Bertz CT molecular complexity index is 1050. The summed E-state index contributed by atoms with van der Waals surface area (Å²) in [6.07, 6.45) is 4.68. The number of imidazole rings is 1. The molecule has 3 aromatic rings. The van der Waals surface area contributed by atoms with E-state index in [2.05, 4.69) is 29.1 Å². The summed E-state index contributed by atoms with van der Waals surface area (Å²) in [5.74, 6) is 1.70. The summed E-state index contributed by atoms with van der Waals surface area (Å²) in [5, 5.41) is 9.54. The van der Waals surface area contributed by atoms with Gasteiger partial charge in [0.25, 0.3) is 5.91 Å². The zero-order valence-electron chi connectivity index (χ0n) is 17.8. The molecule has 4 rings (SSSR count). The van der Waals surface area contributed by atoms with Crippen LogP contribution in [0.3, 0.4) is 0 Å². The third-order valence-electron chi connectivity index (χ3n) is 5.59. The lowest BCUT2D eigenvalue weighted by atomic mass is 10.1. The van der Waals surface area contributed by atoms with Crippen LogP contribution in [0.2, 0.25) is 5.02 Å². The van der Waals surface area contributed by atoms with E-state index in [9.17, 15) is 4.79 Å². The predicted octanol–water partition coefficient (Wildman–Crippen LogP) is 4.62. The van der Waals surface area contributed by atoms with Crippen LogP contribution in [0.5, 0.6) is 0 Å². The van der Waals surface area contributed by atoms with Crippen molar-refractivity contribution in [3.05, 3.63) is 52.7 Å². The number of benzene rings is 1. The second-order valence-corrected chi connectivity index (χ2v) is 8.62. The monoisotopic (exact) mass is 426 g/mol. The van der Waals surface area contributed by atoms with Gasteiger partial charge in [-0.25, -0.2) is 9.67 Å². The topological polar surface area (TPSA) is 68.8 Å². The van der Waals surface area contributed by atoms with Crippen LogP contribution >= 0.6 is 11.6 Å². The zero-order chi connectivity index (χ0) is 21.4. The average Bonchev–Trinajstić information content (AvgIpc) is 3.22. The molecule has 30 heavy (non-hydrogen) atoms. The highest BCUT2D eigenvalue weighted by Crippen LogP contribution is 2.33. The van der Waals surface area contributed by atoms with Crippen molar-refractivity contribution in [3.63, 3.8) is 0 Å². The first-order chi connectivity index (χ1) is 14.4. The van der Waals surface area contributed by atoms with E-state index in [4.69, 9.17) is 11.6 Å². The largest absolute Gasteiger partial charge is 0.322 e. The highest BCUT2D eigenvalue weighted by atomic mass is 35.5. The van der Waals surface area contributed by atoms with Crippen LogP contribution in [0, 0.1) is 13.8 Å². The number of carbonyl (C=O) groups is 1. The Morgan fingerprint density at radius 1 is 1.13 bits per heavy atom. The van der Waals surface area contributed by atoms with E-state index < -0.39 is 0 Å². The summed E-state index contributed by atoms with van der Waals surface area (Å²) in [7, 11) is 0. The number of nitrogens with zero attached hydrogens (tertiary/aromatic N) is 6. The van der Waals surface area contributed by atoms with Crippen molar-refractivity contribution in [2.75, 3.05) is 11.4 Å². The lowest BCUT2D eigenvalue weighted by Crippen LogP contribution is -2.37. The van der Waals surface area contributed by atoms with Crippen molar-refractivity contribution in [2.45, 2.75) is 58.9 Å². The fraction of sp³-hybridized carbons (Fsp3) is 0.455. The van der Waals surface area contributed by atoms with Gasteiger partial charge >= 0.3 is 0 Å². The van der Waals surface area contributed by atoms with E-state index in [0.29, 0.717) is 17.4 Å². The summed E-state index contributed by atoms with van der Waals surface area (Å²) in [4.78, 5) is 20.0. The Morgan fingerprint density at radius 2 is 1.87 bits per heavy atom. The number of amides is 1. The van der Waals surface area contributed by atoms with E-state index >= 15 is 0 Å². The van der Waals surface area contributed by atoms with Gasteiger partial charge in [-0.1, -0.05) is 30.7 Å². The number of hydrogen-bond acceptors (Lipinski definition) is 4. The summed E-state index contributed by atoms with van der Waals surface area (Å²) in [5.41, 5.74) is 2.72. The first kappa shape index (κ1) is 20.6. The van der Waals surface area contributed by atoms with Crippen LogP contribution in [0.4, 0.5) is 5.82 Å². The van der Waals surface area contributed by atoms with Gasteiger partial charge < -0.3 is 4.57 Å². The van der Waals surface area contributed by atoms with Gasteiger partial charge in [-0.3, -0.25) is 9.69 Å². The van der Waals surface area contributed by atoms with Crippen LogP contribution in [-0.4, -0.2) is 37.0 Å². The van der Waals surface area contributed by atoms with Gasteiger partial charge in [0.2, 0.25) is 0 Å². The molecule has 0 unspecified atom stereocenters. The van der Waals surface area contributed by atoms with E-state index in [1.807, 2.05) is 58.5 Å². The summed E-state index contributed by atoms with van der Waals surface area (Å²) in [6.45, 7) is 8.74. The molecule has 1 aromatic carbocycles. The minimum Gasteiger partial charge on any atom is -0.322 e. The number of halogens is 1. The maximum Gasteiger partial charge on any atom is 0.251 e. The number of anilines is 1. The molecule has 0 spiro atoms. The second kappa shape index (κ2) is 8.22. The van der Waals surface area contributed by atoms with Gasteiger partial charge in [-0.2, -0.15) is 0 Å². The summed E-state index contributed by atoms with van der Waals surface area (Å²) in [6, 6.07) is 7.22. The average molecular weight is 427 g/mol. The molecule has 1 aliphatic heterocycles. The third-order valence-corrected chi connectivity index (χ3v) is 5.85. The van der Waals surface area contributed by atoms with Crippen LogP contribution < -0.4 is 4.90 Å². The van der Waals surface area contributed by atoms with Gasteiger partial charge in [0.15, 0.2) is 5.82 Å². The molecule has 7 nitrogen and oxygen atoms in total. The minimum absolute atomic E-state index is 0.0538. The van der Waals surface area contributed by atoms with Crippen LogP contribution in [0.1, 0.15) is 62.3 Å². The van der Waals surface area contributed by atoms with Crippen LogP contribution in [0.15, 0.2) is 30.5 Å². The van der Waals surface area contributed by atoms with Crippen molar-refractivity contribution in [3.8, 4) is 5.69 Å². The second-order valence-electron chi connectivity index (χ2n) is 8.18. The Kier molecular flexibility index (Phi) is 5.64. The fourth-order valence-electron chi connectivity index (χ4n) is 4.19. The first-order valence-corrected chi connectivity index (χ1v) is 10.8. The maximum absolute atomic E-state index is 13.7. The molecule has 8 heteroatoms. The van der Waals surface area contributed by atoms with Crippen molar-refractivity contribution >= 4 is 23.3 Å². The predicted molar refractivity (Wildman–Crippen MR) is 117 cm³/mol. The molecule has 3 heterocycles. The Labute approximate surface area is 181 Å². The molecular formula is C22H27ClN6O. The molecular weight excluding hydrogens is 400 g/mol. The maximum atomic E-state index is 13.7. The van der Waals surface area contributed by atoms with Gasteiger partial charge in [0.05, 0.1) is 17.1 Å². The lowest BCUT2D eigenvalue weighted by molar-refractivity contribution is -0.121.